The Morgan fingerprint density at radius 3 is 1.93 bits per heavy atom. The molecule has 0 saturated carbocycles. The van der Waals surface area contributed by atoms with Crippen molar-refractivity contribution in [1.82, 2.24) is 9.97 Å². The molecule has 2 N–H and O–H groups in total. The van der Waals surface area contributed by atoms with E-state index in [9.17, 15) is 0 Å². The van der Waals surface area contributed by atoms with Crippen molar-refractivity contribution >= 4 is 5.95 Å². The molecule has 1 aromatic carbocycles. The van der Waals surface area contributed by atoms with E-state index in [1.54, 1.807) is 0 Å². The van der Waals surface area contributed by atoms with Gasteiger partial charge in [-0.2, -0.15) is 0 Å². The quantitative estimate of drug-likeness (QED) is 0.682. The van der Waals surface area contributed by atoms with E-state index in [-0.39, 0.29) is 0 Å². The molecule has 10 aliphatic heterocycles. The Balaban J connectivity index is 1.14. The number of aromatic nitrogens is 2. The summed E-state index contributed by atoms with van der Waals surface area (Å²) in [5, 5.41) is 0. The molecule has 10 saturated heterocycles. The van der Waals surface area contributed by atoms with Crippen molar-refractivity contribution in [3.05, 3.63) is 41.6 Å². The van der Waals surface area contributed by atoms with Crippen LogP contribution in [0.4, 0.5) is 5.95 Å². The fraction of sp³-hybridized carbons (Fsp3) is 0.565. The average Bonchev–Trinajstić information content (AvgIpc) is 3.61. The van der Waals surface area contributed by atoms with E-state index in [0.717, 1.165) is 5.69 Å². The number of rotatable bonds is 3. The molecule has 12 rings (SSSR count). The summed E-state index contributed by atoms with van der Waals surface area (Å²) >= 11 is 0. The number of nitrogens with zero attached hydrogens (tertiary/aromatic N) is 2. The second-order valence-corrected chi connectivity index (χ2v) is 37.5. The molecule has 1 aromatic heterocycles. The van der Waals surface area contributed by atoms with Crippen molar-refractivity contribution in [1.29, 1.82) is 0 Å². The Hall–Kier alpha value is -1.38. The molecule has 0 bridgehead atoms. The van der Waals surface area contributed by atoms with Gasteiger partial charge in [0.05, 0.1) is 0 Å². The predicted octanol–water partition coefficient (Wildman–Crippen LogP) is 5.65. The summed E-state index contributed by atoms with van der Waals surface area (Å²) in [5.41, 5.74) is 11.4. The molecule has 0 amide bonds. The van der Waals surface area contributed by atoms with Crippen LogP contribution < -0.4 is 5.73 Å². The van der Waals surface area contributed by atoms with Gasteiger partial charge in [-0.1, -0.05) is 0 Å². The summed E-state index contributed by atoms with van der Waals surface area (Å²) in [4.78, 5) is 21.4. The van der Waals surface area contributed by atoms with Gasteiger partial charge in [0.25, 0.3) is 0 Å². The summed E-state index contributed by atoms with van der Waals surface area (Å²) in [6, 6.07) is 11.4. The van der Waals surface area contributed by atoms with Gasteiger partial charge in [0.2, 0.25) is 0 Å². The van der Waals surface area contributed by atoms with Crippen molar-refractivity contribution in [2.24, 2.45) is 0 Å². The van der Waals surface area contributed by atoms with Crippen LogP contribution in [0.2, 0.25) is 43.3 Å². The van der Waals surface area contributed by atoms with E-state index in [1.807, 2.05) is 0 Å². The second-order valence-electron chi connectivity index (χ2n) is 14.0. The zero-order valence-corrected chi connectivity index (χ0v) is 16.6. The summed E-state index contributed by atoms with van der Waals surface area (Å²) in [6.45, 7) is 1.30. The molecule has 11 heterocycles. The van der Waals surface area contributed by atoms with Gasteiger partial charge in [-0.15, -0.1) is 0 Å². The van der Waals surface area contributed by atoms with Gasteiger partial charge >= 0.3 is 148 Å². The standard InChI is InChI=1S/C18H18N3.C5H5.Fe/c1-12(2)13-7-9-15(10-8-13)17-11-16(20-18(19)21-17)14-5-3-4-6-14;1-2-4-5-3-1;/h3-12H,1-2H3,(H2,19,20,21);1-5H;. The third-order valence-electron chi connectivity index (χ3n) is 17.7. The molecule has 0 radical (unpaired) electrons. The van der Waals surface area contributed by atoms with Crippen LogP contribution in [0.3, 0.4) is 0 Å². The van der Waals surface area contributed by atoms with Crippen LogP contribution in [0.15, 0.2) is 30.3 Å². The normalized spacial score (nSPS) is 79.4. The van der Waals surface area contributed by atoms with E-state index >= 15 is 0 Å². The predicted molar refractivity (Wildman–Crippen MR) is 101 cm³/mol. The summed E-state index contributed by atoms with van der Waals surface area (Å²) < 4.78 is 0.656. The first kappa shape index (κ1) is 11.6. The Morgan fingerprint density at radius 1 is 0.889 bits per heavy atom. The Bertz CT molecular complexity index is 1510. The van der Waals surface area contributed by atoms with Crippen LogP contribution in [0.5, 0.6) is 0 Å². The Kier molecular flexibility index (Phi) is 0.570. The van der Waals surface area contributed by atoms with Crippen LogP contribution in [-0.4, -0.2) is 9.97 Å². The molecular formula is C23H23FeN3. The fourth-order valence-electron chi connectivity index (χ4n) is 18.7. The molecule has 10 fully saturated rings. The second kappa shape index (κ2) is 1.33. The van der Waals surface area contributed by atoms with Gasteiger partial charge in [0.15, 0.2) is 0 Å². The number of benzene rings is 1. The van der Waals surface area contributed by atoms with Crippen LogP contribution in [0, 0.1) is 0 Å². The fourth-order valence-corrected chi connectivity index (χ4v) is 92.7. The Labute approximate surface area is 148 Å². The first-order chi connectivity index (χ1) is 12.8. The maximum absolute atomic E-state index is 6.31. The van der Waals surface area contributed by atoms with E-state index in [4.69, 9.17) is 10.7 Å². The van der Waals surface area contributed by atoms with E-state index < -0.39 is 6.51 Å². The van der Waals surface area contributed by atoms with Gasteiger partial charge in [-0.25, -0.2) is 0 Å². The first-order valence-electron chi connectivity index (χ1n) is 10.8. The van der Waals surface area contributed by atoms with E-state index in [0.29, 0.717) is 16.2 Å². The number of anilines is 1. The summed E-state index contributed by atoms with van der Waals surface area (Å²) in [7, 11) is 0. The van der Waals surface area contributed by atoms with Crippen molar-refractivity contribution < 1.29 is 6.51 Å². The molecule has 3 nitrogen and oxygen atoms in total. The maximum atomic E-state index is 6.31. The van der Waals surface area contributed by atoms with Crippen molar-refractivity contribution in [2.45, 2.75) is 67.4 Å². The monoisotopic (exact) mass is 397 g/mol. The first-order valence-corrected chi connectivity index (χ1v) is 17.1. The van der Waals surface area contributed by atoms with Gasteiger partial charge in [-0.3, -0.25) is 0 Å². The van der Waals surface area contributed by atoms with Gasteiger partial charge in [-0.05, 0) is 0 Å². The molecule has 138 valence electrons. The molecule has 0 aliphatic carbocycles. The van der Waals surface area contributed by atoms with Crippen LogP contribution in [0.1, 0.15) is 31.0 Å². The molecule has 1 spiro atoms. The number of hydrogen-bond acceptors (Lipinski definition) is 3. The van der Waals surface area contributed by atoms with Crippen LogP contribution in [0.25, 0.3) is 11.3 Å². The van der Waals surface area contributed by atoms with Crippen molar-refractivity contribution in [3.63, 3.8) is 0 Å². The van der Waals surface area contributed by atoms with Gasteiger partial charge < -0.3 is 0 Å². The zero-order valence-electron chi connectivity index (χ0n) is 15.5. The van der Waals surface area contributed by atoms with Gasteiger partial charge in [0, 0.05) is 0 Å². The molecular weight excluding hydrogens is 374 g/mol. The SMILES string of the molecule is CC(C)c1ccc(-c2cc([C]34[CH]5[CH]6[CH]7[CH]3[Fe]6754389%10[CH]4[CH]3[CH]8[CH]9[CH]4%10)nc(N)n2)cc1. The molecule has 4 heteroatoms. The third kappa shape index (κ3) is 0.205. The van der Waals surface area contributed by atoms with E-state index in [2.05, 4.69) is 49.2 Å². The van der Waals surface area contributed by atoms with Gasteiger partial charge in [0.1, 0.15) is 0 Å². The van der Waals surface area contributed by atoms with Crippen molar-refractivity contribution in [3.8, 4) is 11.3 Å². The third-order valence-corrected chi connectivity index (χ3v) is 60.0. The van der Waals surface area contributed by atoms with Crippen LogP contribution >= 0.6 is 0 Å². The number of hydrogen-bond donors (Lipinski definition) is 1. The minimum absolute atomic E-state index is 0.520. The number of fused-ring (bicyclic) bond motifs is 10. The van der Waals surface area contributed by atoms with E-state index in [1.165, 1.54) is 60.2 Å². The minimum atomic E-state index is -3.19. The Morgan fingerprint density at radius 2 is 1.48 bits per heavy atom. The summed E-state index contributed by atoms with van der Waals surface area (Å²) in [5.74, 6) is 1.08. The zero-order chi connectivity index (χ0) is 17.4. The average molecular weight is 397 g/mol. The topological polar surface area (TPSA) is 51.8 Å². The van der Waals surface area contributed by atoms with Crippen molar-refractivity contribution in [2.75, 3.05) is 5.73 Å². The van der Waals surface area contributed by atoms with Crippen LogP contribution in [-0.2, 0) is 10.8 Å². The molecule has 27 heavy (non-hydrogen) atoms. The molecule has 4 unspecified atom stereocenters. The number of nitrogens with two attached hydrogens (primary N) is 1. The molecule has 4 atom stereocenters. The number of nitrogen functional groups attached to an aromatic ring is 1. The summed E-state index contributed by atoms with van der Waals surface area (Å²) in [6.07, 6.45) is 0. The molecule has 2 aromatic rings. The molecule has 10 aliphatic rings.